The number of hydrogen-bond acceptors (Lipinski definition) is 6. The van der Waals surface area contributed by atoms with Gasteiger partial charge in [0.2, 0.25) is 5.91 Å². The lowest BCUT2D eigenvalue weighted by atomic mass is 9.97. The second kappa shape index (κ2) is 9.34. The van der Waals surface area contributed by atoms with Crippen molar-refractivity contribution in [1.29, 1.82) is 0 Å². The van der Waals surface area contributed by atoms with Crippen LogP contribution in [0, 0.1) is 6.92 Å². The van der Waals surface area contributed by atoms with Crippen molar-refractivity contribution in [3.63, 3.8) is 0 Å². The third-order valence-electron chi connectivity index (χ3n) is 5.44. The monoisotopic (exact) mass is 478 g/mol. The fourth-order valence-electron chi connectivity index (χ4n) is 3.63. The van der Waals surface area contributed by atoms with Gasteiger partial charge in [-0.15, -0.1) is 11.3 Å². The van der Waals surface area contributed by atoms with Crippen molar-refractivity contribution in [3.8, 4) is 5.75 Å². The maximum Gasteiger partial charge on any atom is 0.435 e. The molecule has 3 aromatic rings. The fraction of sp³-hybridized carbons (Fsp3) is 0.364. The van der Waals surface area contributed by atoms with Crippen LogP contribution in [0.25, 0.3) is 0 Å². The Morgan fingerprint density at radius 1 is 1.18 bits per heavy atom. The lowest BCUT2D eigenvalue weighted by Crippen LogP contribution is -2.40. The molecular formula is C22H21F3N4O3S. The molecule has 33 heavy (non-hydrogen) atoms. The molecule has 1 fully saturated rings. The molecule has 0 saturated carbocycles. The molecule has 1 aliphatic heterocycles. The van der Waals surface area contributed by atoms with E-state index in [0.717, 1.165) is 15.8 Å². The lowest BCUT2D eigenvalue weighted by molar-refractivity contribution is -0.142. The number of thiazole rings is 1. The number of piperidine rings is 1. The molecule has 3 heterocycles. The number of halogens is 3. The zero-order chi connectivity index (χ0) is 23.6. The topological polar surface area (TPSA) is 77.3 Å². The number of carbonyl (C=O) groups is 2. The molecule has 0 bridgehead atoms. The molecule has 0 spiro atoms. The van der Waals surface area contributed by atoms with Crippen LogP contribution in [0.4, 0.5) is 13.2 Å². The fourth-order valence-corrected chi connectivity index (χ4v) is 4.59. The summed E-state index contributed by atoms with van der Waals surface area (Å²) in [6.07, 6.45) is -3.24. The summed E-state index contributed by atoms with van der Waals surface area (Å²) in [5.41, 5.74) is -0.480. The van der Waals surface area contributed by atoms with Gasteiger partial charge in [-0.2, -0.15) is 18.3 Å². The van der Waals surface area contributed by atoms with Crippen molar-refractivity contribution in [2.45, 2.75) is 38.4 Å². The van der Waals surface area contributed by atoms with Gasteiger partial charge in [0.05, 0.1) is 5.01 Å². The molecule has 1 saturated heterocycles. The minimum absolute atomic E-state index is 0.0978. The molecule has 0 atom stereocenters. The average Bonchev–Trinajstić information content (AvgIpc) is 3.42. The average molecular weight is 478 g/mol. The largest absolute Gasteiger partial charge is 0.435 e. The second-order valence-electron chi connectivity index (χ2n) is 7.75. The van der Waals surface area contributed by atoms with Crippen LogP contribution in [0.15, 0.2) is 41.8 Å². The Kier molecular flexibility index (Phi) is 6.50. The Bertz CT molecular complexity index is 1140. The highest BCUT2D eigenvalue weighted by Gasteiger charge is 2.35. The van der Waals surface area contributed by atoms with Crippen molar-refractivity contribution >= 4 is 23.2 Å². The van der Waals surface area contributed by atoms with Crippen LogP contribution in [0.2, 0.25) is 0 Å². The van der Waals surface area contributed by atoms with Crippen LogP contribution in [-0.2, 0) is 17.5 Å². The molecule has 0 unspecified atom stereocenters. The number of ether oxygens (including phenoxy) is 1. The van der Waals surface area contributed by atoms with Crippen LogP contribution in [-0.4, -0.2) is 44.6 Å². The minimum Gasteiger partial charge on any atom is -0.422 e. The summed E-state index contributed by atoms with van der Waals surface area (Å²) in [5.74, 6) is -0.261. The number of alkyl halides is 3. The first kappa shape index (κ1) is 23.0. The Morgan fingerprint density at radius 2 is 1.88 bits per heavy atom. The van der Waals surface area contributed by atoms with E-state index in [4.69, 9.17) is 4.74 Å². The number of para-hydroxylation sites is 1. The first-order chi connectivity index (χ1) is 15.7. The van der Waals surface area contributed by atoms with Crippen LogP contribution in [0.1, 0.15) is 45.6 Å². The SMILES string of the molecule is Cc1cc(C(F)(F)F)nn1CC(=O)N1CCC(c2nc(C(=O)Oc3ccccc3)cs2)CC1. The molecule has 11 heteroatoms. The maximum absolute atomic E-state index is 12.8. The predicted octanol–water partition coefficient (Wildman–Crippen LogP) is 4.29. The third kappa shape index (κ3) is 5.41. The van der Waals surface area contributed by atoms with Gasteiger partial charge in [0.25, 0.3) is 0 Å². The van der Waals surface area contributed by atoms with Crippen LogP contribution >= 0.6 is 11.3 Å². The van der Waals surface area contributed by atoms with Crippen LogP contribution < -0.4 is 4.74 Å². The van der Waals surface area contributed by atoms with Gasteiger partial charge in [-0.1, -0.05) is 18.2 Å². The van der Waals surface area contributed by atoms with Crippen LogP contribution in [0.5, 0.6) is 5.75 Å². The third-order valence-corrected chi connectivity index (χ3v) is 6.45. The summed E-state index contributed by atoms with van der Waals surface area (Å²) < 4.78 is 44.9. The smallest absolute Gasteiger partial charge is 0.422 e. The molecule has 1 amide bonds. The first-order valence-electron chi connectivity index (χ1n) is 10.3. The number of rotatable bonds is 5. The summed E-state index contributed by atoms with van der Waals surface area (Å²) >= 11 is 1.38. The number of esters is 1. The summed E-state index contributed by atoms with van der Waals surface area (Å²) in [7, 11) is 0. The van der Waals surface area contributed by atoms with Gasteiger partial charge >= 0.3 is 12.1 Å². The van der Waals surface area contributed by atoms with E-state index in [1.54, 1.807) is 34.5 Å². The quantitative estimate of drug-likeness (QED) is 0.404. The molecule has 0 aliphatic carbocycles. The second-order valence-corrected chi connectivity index (χ2v) is 8.64. The summed E-state index contributed by atoms with van der Waals surface area (Å²) in [5, 5.41) is 5.99. The van der Waals surface area contributed by atoms with E-state index in [-0.39, 0.29) is 29.8 Å². The van der Waals surface area contributed by atoms with Crippen molar-refractivity contribution in [2.75, 3.05) is 13.1 Å². The number of hydrogen-bond donors (Lipinski definition) is 0. The highest BCUT2D eigenvalue weighted by molar-refractivity contribution is 7.09. The standard InChI is InChI=1S/C22H21F3N4O3S/c1-14-11-18(22(23,24)25)27-29(14)12-19(30)28-9-7-15(8-10-28)20-26-17(13-33-20)21(31)32-16-5-3-2-4-6-16/h2-6,11,13,15H,7-10,12H2,1H3. The minimum atomic E-state index is -4.54. The predicted molar refractivity (Wildman–Crippen MR) is 114 cm³/mol. The Balaban J connectivity index is 1.31. The zero-order valence-electron chi connectivity index (χ0n) is 17.7. The number of likely N-dealkylation sites (tertiary alicyclic amines) is 1. The lowest BCUT2D eigenvalue weighted by Gasteiger charge is -2.31. The van der Waals surface area contributed by atoms with Crippen LogP contribution in [0.3, 0.4) is 0 Å². The number of carbonyl (C=O) groups excluding carboxylic acids is 2. The molecule has 2 aromatic heterocycles. The molecule has 4 rings (SSSR count). The van der Waals surface area contributed by atoms with Crippen molar-refractivity contribution in [3.05, 3.63) is 63.9 Å². The highest BCUT2D eigenvalue weighted by Crippen LogP contribution is 2.31. The normalized spacial score (nSPS) is 15.0. The van der Waals surface area contributed by atoms with E-state index >= 15 is 0 Å². The molecule has 7 nitrogen and oxygen atoms in total. The van der Waals surface area contributed by atoms with Gasteiger partial charge in [-0.05, 0) is 38.0 Å². The van der Waals surface area contributed by atoms with Gasteiger partial charge in [0.1, 0.15) is 12.3 Å². The van der Waals surface area contributed by atoms with E-state index in [2.05, 4.69) is 10.1 Å². The highest BCUT2D eigenvalue weighted by atomic mass is 32.1. The molecular weight excluding hydrogens is 457 g/mol. The number of benzene rings is 1. The maximum atomic E-state index is 12.8. The van der Waals surface area contributed by atoms with Gasteiger partial charge in [-0.3, -0.25) is 9.48 Å². The van der Waals surface area contributed by atoms with Gasteiger partial charge in [0.15, 0.2) is 11.4 Å². The first-order valence-corrected chi connectivity index (χ1v) is 11.2. The van der Waals surface area contributed by atoms with E-state index in [0.29, 0.717) is 31.7 Å². The van der Waals surface area contributed by atoms with Crippen molar-refractivity contribution < 1.29 is 27.5 Å². The summed E-state index contributed by atoms with van der Waals surface area (Å²) in [6.45, 7) is 2.17. The van der Waals surface area contributed by atoms with Crippen molar-refractivity contribution in [2.24, 2.45) is 0 Å². The Morgan fingerprint density at radius 3 is 2.52 bits per heavy atom. The molecule has 1 aromatic carbocycles. The Labute approximate surface area is 191 Å². The van der Waals surface area contributed by atoms with Gasteiger partial charge in [0, 0.05) is 30.1 Å². The summed E-state index contributed by atoms with van der Waals surface area (Å²) in [4.78, 5) is 31.0. The van der Waals surface area contributed by atoms with E-state index < -0.39 is 17.8 Å². The van der Waals surface area contributed by atoms with Gasteiger partial charge < -0.3 is 9.64 Å². The van der Waals surface area contributed by atoms with E-state index in [1.165, 1.54) is 18.3 Å². The number of aryl methyl sites for hydroxylation is 1. The number of nitrogens with zero attached hydrogens (tertiary/aromatic N) is 4. The molecule has 174 valence electrons. The number of amides is 1. The van der Waals surface area contributed by atoms with Crippen molar-refractivity contribution in [1.82, 2.24) is 19.7 Å². The summed E-state index contributed by atoms with van der Waals surface area (Å²) in [6, 6.07) is 9.67. The van der Waals surface area contributed by atoms with Gasteiger partial charge in [-0.25, -0.2) is 9.78 Å². The zero-order valence-corrected chi connectivity index (χ0v) is 18.5. The molecule has 0 radical (unpaired) electrons. The van der Waals surface area contributed by atoms with E-state index in [9.17, 15) is 22.8 Å². The number of aromatic nitrogens is 3. The molecule has 0 N–H and O–H groups in total. The molecule has 1 aliphatic rings. The van der Waals surface area contributed by atoms with E-state index in [1.807, 2.05) is 6.07 Å². The Hall–Kier alpha value is -3.21.